The third kappa shape index (κ3) is 4.65. The van der Waals surface area contributed by atoms with Gasteiger partial charge >= 0.3 is 5.97 Å². The van der Waals surface area contributed by atoms with E-state index in [1.807, 2.05) is 44.4 Å². The Labute approximate surface area is 115 Å². The summed E-state index contributed by atoms with van der Waals surface area (Å²) in [6.45, 7) is 5.43. The summed E-state index contributed by atoms with van der Waals surface area (Å²) in [6, 6.07) is 9.35. The molecule has 1 aromatic carbocycles. The molecule has 0 fully saturated rings. The fourth-order valence-corrected chi connectivity index (χ4v) is 1.71. The summed E-state index contributed by atoms with van der Waals surface area (Å²) in [6.07, 6.45) is 0. The van der Waals surface area contributed by atoms with Crippen LogP contribution in [0.5, 0.6) is 0 Å². The molecule has 4 heteroatoms. The Morgan fingerprint density at radius 1 is 1.32 bits per heavy atom. The van der Waals surface area contributed by atoms with E-state index in [-0.39, 0.29) is 5.54 Å². The first-order chi connectivity index (χ1) is 8.84. The van der Waals surface area contributed by atoms with Crippen LogP contribution in [-0.2, 0) is 4.79 Å². The lowest BCUT2D eigenvalue weighted by Crippen LogP contribution is -2.47. The van der Waals surface area contributed by atoms with E-state index in [0.29, 0.717) is 6.54 Å². The van der Waals surface area contributed by atoms with Crippen LogP contribution in [0.2, 0.25) is 0 Å². The molecule has 1 unspecified atom stereocenters. The van der Waals surface area contributed by atoms with Crippen molar-refractivity contribution in [2.75, 3.05) is 27.2 Å². The quantitative estimate of drug-likeness (QED) is 0.788. The number of nitrogens with zero attached hydrogens (tertiary/aromatic N) is 1. The van der Waals surface area contributed by atoms with Crippen molar-refractivity contribution in [3.8, 4) is 0 Å². The first kappa shape index (κ1) is 15.7. The monoisotopic (exact) mass is 264 g/mol. The molecule has 19 heavy (non-hydrogen) atoms. The number of carboxylic acid groups (broad SMARTS) is 1. The number of hydrogen-bond donors (Lipinski definition) is 2. The fourth-order valence-electron chi connectivity index (χ4n) is 1.71. The van der Waals surface area contributed by atoms with Gasteiger partial charge in [-0.1, -0.05) is 30.3 Å². The normalized spacial score (nSPS) is 13.5. The van der Waals surface area contributed by atoms with E-state index < -0.39 is 11.9 Å². The maximum absolute atomic E-state index is 11.3. The van der Waals surface area contributed by atoms with Crippen LogP contribution in [-0.4, -0.2) is 48.7 Å². The molecule has 0 saturated heterocycles. The molecule has 0 bridgehead atoms. The zero-order valence-corrected chi connectivity index (χ0v) is 12.2. The molecule has 0 aliphatic heterocycles. The first-order valence-electron chi connectivity index (χ1n) is 6.50. The van der Waals surface area contributed by atoms with Crippen LogP contribution in [0.1, 0.15) is 25.3 Å². The lowest BCUT2D eigenvalue weighted by Gasteiger charge is -2.33. The van der Waals surface area contributed by atoms with Crippen molar-refractivity contribution in [1.29, 1.82) is 0 Å². The second kappa shape index (κ2) is 6.68. The number of carboxylic acids is 1. The zero-order valence-electron chi connectivity index (χ0n) is 12.2. The molecule has 0 saturated carbocycles. The molecule has 1 rings (SSSR count). The Morgan fingerprint density at radius 2 is 1.89 bits per heavy atom. The van der Waals surface area contributed by atoms with Crippen molar-refractivity contribution in [2.45, 2.75) is 25.3 Å². The third-order valence-electron chi connectivity index (χ3n) is 3.62. The molecule has 2 N–H and O–H groups in total. The molecule has 4 nitrogen and oxygen atoms in total. The van der Waals surface area contributed by atoms with Gasteiger partial charge in [0.05, 0.1) is 5.92 Å². The Morgan fingerprint density at radius 3 is 2.37 bits per heavy atom. The first-order valence-corrected chi connectivity index (χ1v) is 6.50. The molecule has 0 aliphatic rings. The molecule has 0 aromatic heterocycles. The summed E-state index contributed by atoms with van der Waals surface area (Å²) < 4.78 is 0. The van der Waals surface area contributed by atoms with Gasteiger partial charge in [0, 0.05) is 18.6 Å². The summed E-state index contributed by atoms with van der Waals surface area (Å²) in [7, 11) is 4.04. The van der Waals surface area contributed by atoms with Gasteiger partial charge in [-0.25, -0.2) is 0 Å². The highest BCUT2D eigenvalue weighted by atomic mass is 16.4. The maximum atomic E-state index is 11.3. The number of carbonyl (C=O) groups is 1. The summed E-state index contributed by atoms with van der Waals surface area (Å²) in [5, 5.41) is 12.6. The lowest BCUT2D eigenvalue weighted by molar-refractivity contribution is -0.138. The number of benzene rings is 1. The van der Waals surface area contributed by atoms with Crippen molar-refractivity contribution in [1.82, 2.24) is 10.2 Å². The standard InChI is InChI=1S/C15H24N2O2/c1-15(2,17(3)4)11-16-10-13(14(18)19)12-8-6-5-7-9-12/h5-9,13,16H,10-11H2,1-4H3,(H,18,19). The Balaban J connectivity index is 2.60. The number of nitrogens with one attached hydrogen (secondary N) is 1. The number of rotatable bonds is 7. The summed E-state index contributed by atoms with van der Waals surface area (Å²) in [5.74, 6) is -1.29. The van der Waals surface area contributed by atoms with E-state index in [1.165, 1.54) is 0 Å². The summed E-state index contributed by atoms with van der Waals surface area (Å²) in [4.78, 5) is 13.5. The van der Waals surface area contributed by atoms with Crippen molar-refractivity contribution in [2.24, 2.45) is 0 Å². The van der Waals surface area contributed by atoms with Gasteiger partial charge in [0.25, 0.3) is 0 Å². The van der Waals surface area contributed by atoms with Gasteiger partial charge < -0.3 is 15.3 Å². The molecule has 0 heterocycles. The van der Waals surface area contributed by atoms with Crippen molar-refractivity contribution < 1.29 is 9.90 Å². The molecule has 0 radical (unpaired) electrons. The highest BCUT2D eigenvalue weighted by molar-refractivity contribution is 5.76. The highest BCUT2D eigenvalue weighted by Gasteiger charge is 2.23. The van der Waals surface area contributed by atoms with Crippen LogP contribution in [0.4, 0.5) is 0 Å². The zero-order chi connectivity index (χ0) is 14.5. The van der Waals surface area contributed by atoms with Gasteiger partial charge in [0.2, 0.25) is 0 Å². The van der Waals surface area contributed by atoms with Crippen molar-refractivity contribution >= 4 is 5.97 Å². The van der Waals surface area contributed by atoms with Gasteiger partial charge in [-0.2, -0.15) is 0 Å². The summed E-state index contributed by atoms with van der Waals surface area (Å²) in [5.41, 5.74) is 0.838. The molecule has 0 amide bonds. The number of likely N-dealkylation sites (N-methyl/N-ethyl adjacent to an activating group) is 1. The number of aliphatic carboxylic acids is 1. The number of hydrogen-bond acceptors (Lipinski definition) is 3. The second-order valence-corrected chi connectivity index (χ2v) is 5.64. The topological polar surface area (TPSA) is 52.6 Å². The van der Waals surface area contributed by atoms with Crippen molar-refractivity contribution in [3.63, 3.8) is 0 Å². The van der Waals surface area contributed by atoms with Gasteiger partial charge in [-0.3, -0.25) is 4.79 Å². The third-order valence-corrected chi connectivity index (χ3v) is 3.62. The van der Waals surface area contributed by atoms with Crippen LogP contribution in [0.3, 0.4) is 0 Å². The maximum Gasteiger partial charge on any atom is 0.312 e. The minimum Gasteiger partial charge on any atom is -0.481 e. The predicted molar refractivity (Wildman–Crippen MR) is 77.5 cm³/mol. The van der Waals surface area contributed by atoms with Crippen LogP contribution >= 0.6 is 0 Å². The van der Waals surface area contributed by atoms with E-state index in [9.17, 15) is 9.90 Å². The van der Waals surface area contributed by atoms with E-state index in [1.54, 1.807) is 0 Å². The minimum absolute atomic E-state index is 0.000257. The fraction of sp³-hybridized carbons (Fsp3) is 0.533. The molecular weight excluding hydrogens is 240 g/mol. The van der Waals surface area contributed by atoms with Crippen LogP contribution in [0.15, 0.2) is 30.3 Å². The second-order valence-electron chi connectivity index (χ2n) is 5.64. The molecule has 1 aromatic rings. The largest absolute Gasteiger partial charge is 0.481 e. The molecule has 106 valence electrons. The SMILES string of the molecule is CN(C)C(C)(C)CNCC(C(=O)O)c1ccccc1. The lowest BCUT2D eigenvalue weighted by atomic mass is 9.98. The minimum atomic E-state index is -0.790. The Bertz CT molecular complexity index is 402. The van der Waals surface area contributed by atoms with E-state index in [2.05, 4.69) is 24.1 Å². The van der Waals surface area contributed by atoms with E-state index in [0.717, 1.165) is 12.1 Å². The summed E-state index contributed by atoms with van der Waals surface area (Å²) >= 11 is 0. The molecule has 0 spiro atoms. The molecule has 0 aliphatic carbocycles. The predicted octanol–water partition coefficient (Wildman–Crippen LogP) is 1.78. The highest BCUT2D eigenvalue weighted by Crippen LogP contribution is 2.15. The van der Waals surface area contributed by atoms with Gasteiger partial charge in [-0.15, -0.1) is 0 Å². The van der Waals surface area contributed by atoms with E-state index in [4.69, 9.17) is 0 Å². The van der Waals surface area contributed by atoms with E-state index >= 15 is 0 Å². The van der Waals surface area contributed by atoms with Crippen molar-refractivity contribution in [3.05, 3.63) is 35.9 Å². The molecule has 1 atom stereocenters. The average molecular weight is 264 g/mol. The van der Waals surface area contributed by atoms with Crippen LogP contribution < -0.4 is 5.32 Å². The Kier molecular flexibility index (Phi) is 5.51. The van der Waals surface area contributed by atoms with Crippen LogP contribution in [0.25, 0.3) is 0 Å². The van der Waals surface area contributed by atoms with Gasteiger partial charge in [0.1, 0.15) is 0 Å². The smallest absolute Gasteiger partial charge is 0.312 e. The molecular formula is C15H24N2O2. The average Bonchev–Trinajstić information content (AvgIpc) is 2.35. The van der Waals surface area contributed by atoms with Crippen LogP contribution in [0, 0.1) is 0 Å². The van der Waals surface area contributed by atoms with Gasteiger partial charge in [-0.05, 0) is 33.5 Å². The van der Waals surface area contributed by atoms with Gasteiger partial charge in [0.15, 0.2) is 0 Å². The Hall–Kier alpha value is -1.39.